The van der Waals surface area contributed by atoms with E-state index in [2.05, 4.69) is 64.3 Å². The predicted octanol–water partition coefficient (Wildman–Crippen LogP) is 4.49. The van der Waals surface area contributed by atoms with Gasteiger partial charge in [-0.15, -0.1) is 46.7 Å². The standard InChI is InChI=1S/C17H26N4S2.HI/c1-12(2)16-21-14(11-23-16)10-20-17(18-4)19-9-13(3)8-15-6-5-7-22-15;/h5-7,11-13H,8-10H2,1-4H3,(H2,18,19,20);1H. The first-order valence-corrected chi connectivity index (χ1v) is 9.75. The Labute approximate surface area is 170 Å². The Morgan fingerprint density at radius 1 is 1.25 bits per heavy atom. The van der Waals surface area contributed by atoms with E-state index in [0.717, 1.165) is 24.6 Å². The Bertz CT molecular complexity index is 608. The second-order valence-corrected chi connectivity index (χ2v) is 7.95. The highest BCUT2D eigenvalue weighted by molar-refractivity contribution is 14.0. The summed E-state index contributed by atoms with van der Waals surface area (Å²) in [5.74, 6) is 1.89. The van der Waals surface area contributed by atoms with Crippen LogP contribution in [0.2, 0.25) is 0 Å². The molecule has 0 saturated carbocycles. The third-order valence-corrected chi connectivity index (χ3v) is 5.56. The summed E-state index contributed by atoms with van der Waals surface area (Å²) in [6.45, 7) is 8.22. The van der Waals surface area contributed by atoms with E-state index in [1.54, 1.807) is 18.4 Å². The predicted molar refractivity (Wildman–Crippen MR) is 117 cm³/mol. The zero-order valence-corrected chi connectivity index (χ0v) is 18.7. The zero-order chi connectivity index (χ0) is 16.7. The van der Waals surface area contributed by atoms with Gasteiger partial charge in [0, 0.05) is 29.8 Å². The molecule has 0 saturated heterocycles. The second-order valence-electron chi connectivity index (χ2n) is 6.03. The van der Waals surface area contributed by atoms with E-state index in [-0.39, 0.29) is 24.0 Å². The minimum absolute atomic E-state index is 0. The van der Waals surface area contributed by atoms with Crippen molar-refractivity contribution in [2.24, 2.45) is 10.9 Å². The largest absolute Gasteiger partial charge is 0.356 e. The van der Waals surface area contributed by atoms with E-state index >= 15 is 0 Å². The molecule has 7 heteroatoms. The molecule has 0 aliphatic rings. The van der Waals surface area contributed by atoms with Crippen LogP contribution in [0.15, 0.2) is 27.9 Å². The van der Waals surface area contributed by atoms with Crippen LogP contribution in [0.4, 0.5) is 0 Å². The number of thiazole rings is 1. The van der Waals surface area contributed by atoms with Gasteiger partial charge < -0.3 is 10.6 Å². The van der Waals surface area contributed by atoms with E-state index in [0.29, 0.717) is 18.4 Å². The van der Waals surface area contributed by atoms with Gasteiger partial charge in [-0.1, -0.05) is 26.8 Å². The van der Waals surface area contributed by atoms with E-state index in [1.807, 2.05) is 11.3 Å². The number of hydrogen-bond acceptors (Lipinski definition) is 4. The highest BCUT2D eigenvalue weighted by atomic mass is 127. The Morgan fingerprint density at radius 2 is 2.04 bits per heavy atom. The minimum Gasteiger partial charge on any atom is -0.356 e. The lowest BCUT2D eigenvalue weighted by Gasteiger charge is -2.15. The van der Waals surface area contributed by atoms with Crippen LogP contribution in [-0.2, 0) is 13.0 Å². The first kappa shape index (κ1) is 21.4. The normalized spacial score (nSPS) is 12.8. The van der Waals surface area contributed by atoms with Crippen LogP contribution in [0.3, 0.4) is 0 Å². The Balaban J connectivity index is 0.00000288. The van der Waals surface area contributed by atoms with Gasteiger partial charge in [-0.25, -0.2) is 4.98 Å². The fourth-order valence-corrected chi connectivity index (χ4v) is 3.88. The average molecular weight is 478 g/mol. The highest BCUT2D eigenvalue weighted by Crippen LogP contribution is 2.19. The number of rotatable bonds is 7. The van der Waals surface area contributed by atoms with E-state index in [4.69, 9.17) is 0 Å². The molecule has 2 N–H and O–H groups in total. The van der Waals surface area contributed by atoms with Gasteiger partial charge in [0.1, 0.15) is 0 Å². The quantitative estimate of drug-likeness (QED) is 0.350. The maximum Gasteiger partial charge on any atom is 0.191 e. The number of aromatic nitrogens is 1. The molecule has 2 heterocycles. The minimum atomic E-state index is 0. The van der Waals surface area contributed by atoms with Crippen molar-refractivity contribution >= 4 is 52.6 Å². The second kappa shape index (κ2) is 11.0. The molecule has 2 aromatic heterocycles. The average Bonchev–Trinajstić information content (AvgIpc) is 3.18. The molecule has 0 spiro atoms. The van der Waals surface area contributed by atoms with Crippen molar-refractivity contribution in [2.45, 2.75) is 39.7 Å². The van der Waals surface area contributed by atoms with E-state index < -0.39 is 0 Å². The first-order chi connectivity index (χ1) is 11.1. The number of halogens is 1. The summed E-state index contributed by atoms with van der Waals surface area (Å²) in [4.78, 5) is 10.4. The van der Waals surface area contributed by atoms with Crippen molar-refractivity contribution in [3.8, 4) is 0 Å². The van der Waals surface area contributed by atoms with Crippen molar-refractivity contribution in [1.82, 2.24) is 15.6 Å². The van der Waals surface area contributed by atoms with Crippen LogP contribution < -0.4 is 10.6 Å². The Hall–Kier alpha value is -0.670. The molecule has 2 rings (SSSR count). The van der Waals surface area contributed by atoms with Crippen molar-refractivity contribution in [3.63, 3.8) is 0 Å². The van der Waals surface area contributed by atoms with Gasteiger partial charge in [-0.05, 0) is 23.8 Å². The van der Waals surface area contributed by atoms with Crippen LogP contribution in [0.5, 0.6) is 0 Å². The molecule has 2 aromatic rings. The van der Waals surface area contributed by atoms with Crippen LogP contribution >= 0.6 is 46.7 Å². The maximum absolute atomic E-state index is 4.64. The molecule has 0 aliphatic heterocycles. The molecule has 0 radical (unpaired) electrons. The van der Waals surface area contributed by atoms with Gasteiger partial charge in [0.05, 0.1) is 17.2 Å². The fourth-order valence-electron chi connectivity index (χ4n) is 2.18. The Morgan fingerprint density at radius 3 is 2.62 bits per heavy atom. The molecule has 0 fully saturated rings. The monoisotopic (exact) mass is 478 g/mol. The molecule has 1 atom stereocenters. The summed E-state index contributed by atoms with van der Waals surface area (Å²) < 4.78 is 0. The van der Waals surface area contributed by atoms with Crippen LogP contribution in [0.1, 0.15) is 42.3 Å². The molecule has 4 nitrogen and oxygen atoms in total. The third kappa shape index (κ3) is 7.06. The van der Waals surface area contributed by atoms with Gasteiger partial charge in [-0.2, -0.15) is 0 Å². The molecule has 0 amide bonds. The lowest BCUT2D eigenvalue weighted by molar-refractivity contribution is 0.562. The number of nitrogens with zero attached hydrogens (tertiary/aromatic N) is 2. The number of aliphatic imine (C=N–C) groups is 1. The molecule has 0 bridgehead atoms. The number of thiophene rings is 1. The molecule has 1 unspecified atom stereocenters. The number of nitrogens with one attached hydrogen (secondary N) is 2. The molecule has 24 heavy (non-hydrogen) atoms. The van der Waals surface area contributed by atoms with Gasteiger partial charge in [0.25, 0.3) is 0 Å². The number of guanidine groups is 1. The molecular formula is C17H27IN4S2. The van der Waals surface area contributed by atoms with E-state index in [1.165, 1.54) is 9.88 Å². The summed E-state index contributed by atoms with van der Waals surface area (Å²) in [6, 6.07) is 4.31. The van der Waals surface area contributed by atoms with Crippen molar-refractivity contribution < 1.29 is 0 Å². The first-order valence-electron chi connectivity index (χ1n) is 7.99. The lowest BCUT2D eigenvalue weighted by Crippen LogP contribution is -2.39. The highest BCUT2D eigenvalue weighted by Gasteiger charge is 2.08. The summed E-state index contributed by atoms with van der Waals surface area (Å²) in [5.41, 5.74) is 1.08. The van der Waals surface area contributed by atoms with Gasteiger partial charge >= 0.3 is 0 Å². The van der Waals surface area contributed by atoms with Crippen molar-refractivity contribution in [2.75, 3.05) is 13.6 Å². The molecule has 0 aliphatic carbocycles. The summed E-state index contributed by atoms with van der Waals surface area (Å²) >= 11 is 3.55. The summed E-state index contributed by atoms with van der Waals surface area (Å²) in [5, 5.41) is 12.2. The van der Waals surface area contributed by atoms with Crippen LogP contribution in [0, 0.1) is 5.92 Å². The number of hydrogen-bond donors (Lipinski definition) is 2. The smallest absolute Gasteiger partial charge is 0.191 e. The molecule has 134 valence electrons. The topological polar surface area (TPSA) is 49.3 Å². The van der Waals surface area contributed by atoms with Crippen LogP contribution in [-0.4, -0.2) is 24.5 Å². The summed E-state index contributed by atoms with van der Waals surface area (Å²) in [7, 11) is 1.81. The maximum atomic E-state index is 4.64. The molecule has 0 aromatic carbocycles. The lowest BCUT2D eigenvalue weighted by atomic mass is 10.1. The van der Waals surface area contributed by atoms with Crippen molar-refractivity contribution in [1.29, 1.82) is 0 Å². The molecular weight excluding hydrogens is 451 g/mol. The van der Waals surface area contributed by atoms with E-state index in [9.17, 15) is 0 Å². The third-order valence-electron chi connectivity index (χ3n) is 3.47. The van der Waals surface area contributed by atoms with Gasteiger partial charge in [0.15, 0.2) is 5.96 Å². The van der Waals surface area contributed by atoms with Crippen molar-refractivity contribution in [3.05, 3.63) is 38.5 Å². The SMILES string of the molecule is CN=C(NCc1csc(C(C)C)n1)NCC(C)Cc1cccs1.I. The van der Waals surface area contributed by atoms with Crippen LogP contribution in [0.25, 0.3) is 0 Å². The Kier molecular flexibility index (Phi) is 9.84. The fraction of sp³-hybridized carbons (Fsp3) is 0.529. The van der Waals surface area contributed by atoms with Gasteiger partial charge in [-0.3, -0.25) is 4.99 Å². The summed E-state index contributed by atoms with van der Waals surface area (Å²) in [6.07, 6.45) is 1.10. The zero-order valence-electron chi connectivity index (χ0n) is 14.7. The van der Waals surface area contributed by atoms with Gasteiger partial charge in [0.2, 0.25) is 0 Å².